The van der Waals surface area contributed by atoms with Crippen molar-refractivity contribution in [1.82, 2.24) is 24.7 Å². The van der Waals surface area contributed by atoms with Crippen molar-refractivity contribution in [3.05, 3.63) is 29.7 Å². The molecular weight excluding hydrogens is 192 g/mol. The molecule has 0 aliphatic rings. The maximum atomic E-state index is 5.45. The Morgan fingerprint density at radius 1 is 1.27 bits per heavy atom. The third-order valence-corrected chi connectivity index (χ3v) is 2.00. The van der Waals surface area contributed by atoms with Crippen LogP contribution in [0.2, 0.25) is 0 Å². The zero-order valence-electron chi connectivity index (χ0n) is 8.68. The molecule has 2 rings (SSSR count). The van der Waals surface area contributed by atoms with Crippen LogP contribution in [0.25, 0.3) is 0 Å². The van der Waals surface area contributed by atoms with Crippen LogP contribution in [0.3, 0.4) is 0 Å². The molecule has 0 aromatic carbocycles. The lowest BCUT2D eigenvalue weighted by Gasteiger charge is -2.01. The van der Waals surface area contributed by atoms with Gasteiger partial charge < -0.3 is 5.73 Å². The predicted octanol–water partition coefficient (Wildman–Crippen LogP) is 0.315. The molecule has 0 atom stereocenters. The van der Waals surface area contributed by atoms with Gasteiger partial charge in [-0.15, -0.1) is 0 Å². The third kappa shape index (κ3) is 2.09. The first kappa shape index (κ1) is 9.57. The summed E-state index contributed by atoms with van der Waals surface area (Å²) in [6.07, 6.45) is 3.18. The van der Waals surface area contributed by atoms with Crippen LogP contribution in [-0.2, 0) is 6.54 Å². The van der Waals surface area contributed by atoms with Crippen molar-refractivity contribution in [1.29, 1.82) is 0 Å². The quantitative estimate of drug-likeness (QED) is 0.761. The van der Waals surface area contributed by atoms with Gasteiger partial charge in [-0.1, -0.05) is 0 Å². The van der Waals surface area contributed by atoms with E-state index in [1.165, 1.54) is 6.20 Å². The summed E-state index contributed by atoms with van der Waals surface area (Å²) in [5, 5.41) is 4.23. The Hall–Kier alpha value is -1.98. The lowest BCUT2D eigenvalue weighted by atomic mass is 10.4. The van der Waals surface area contributed by atoms with Crippen LogP contribution in [-0.4, -0.2) is 24.7 Å². The van der Waals surface area contributed by atoms with Crippen LogP contribution in [0.4, 0.5) is 5.82 Å². The first-order valence-electron chi connectivity index (χ1n) is 4.59. The van der Waals surface area contributed by atoms with Gasteiger partial charge in [0.15, 0.2) is 0 Å². The fourth-order valence-corrected chi connectivity index (χ4v) is 1.31. The Morgan fingerprint density at radius 2 is 2.07 bits per heavy atom. The van der Waals surface area contributed by atoms with Crippen LogP contribution in [0, 0.1) is 13.8 Å². The molecule has 0 saturated heterocycles. The molecule has 0 aliphatic heterocycles. The number of rotatable bonds is 2. The lowest BCUT2D eigenvalue weighted by Crippen LogP contribution is -2.06. The largest absolute Gasteiger partial charge is 0.382 e. The van der Waals surface area contributed by atoms with Gasteiger partial charge in [-0.25, -0.2) is 14.6 Å². The van der Waals surface area contributed by atoms with Crippen molar-refractivity contribution in [2.24, 2.45) is 0 Å². The zero-order chi connectivity index (χ0) is 10.8. The summed E-state index contributed by atoms with van der Waals surface area (Å²) in [7, 11) is 0. The van der Waals surface area contributed by atoms with E-state index in [4.69, 9.17) is 5.73 Å². The predicted molar refractivity (Wildman–Crippen MR) is 55.0 cm³/mol. The van der Waals surface area contributed by atoms with E-state index in [-0.39, 0.29) is 0 Å². The maximum Gasteiger partial charge on any atom is 0.147 e. The Kier molecular flexibility index (Phi) is 2.32. The Balaban J connectivity index is 2.21. The molecule has 0 amide bonds. The molecule has 2 aromatic rings. The molecule has 2 heterocycles. The van der Waals surface area contributed by atoms with Crippen molar-refractivity contribution in [3.63, 3.8) is 0 Å². The number of anilines is 1. The lowest BCUT2D eigenvalue weighted by molar-refractivity contribution is 0.642. The Labute approximate surface area is 87.2 Å². The van der Waals surface area contributed by atoms with E-state index in [1.807, 2.05) is 13.8 Å². The first-order valence-corrected chi connectivity index (χ1v) is 4.59. The maximum absolute atomic E-state index is 5.45. The van der Waals surface area contributed by atoms with E-state index in [1.54, 1.807) is 10.9 Å². The summed E-state index contributed by atoms with van der Waals surface area (Å²) in [6, 6.07) is 0. The van der Waals surface area contributed by atoms with Gasteiger partial charge in [0.25, 0.3) is 0 Å². The minimum Gasteiger partial charge on any atom is -0.382 e. The van der Waals surface area contributed by atoms with E-state index < -0.39 is 0 Å². The van der Waals surface area contributed by atoms with Gasteiger partial charge in [0, 0.05) is 0 Å². The number of aryl methyl sites for hydroxylation is 2. The highest BCUT2D eigenvalue weighted by atomic mass is 15.3. The van der Waals surface area contributed by atoms with Gasteiger partial charge in [-0.05, 0) is 13.8 Å². The van der Waals surface area contributed by atoms with Gasteiger partial charge in [0.1, 0.15) is 17.5 Å². The molecule has 2 N–H and O–H groups in total. The third-order valence-electron chi connectivity index (χ3n) is 2.00. The average Bonchev–Trinajstić information content (AvgIpc) is 2.49. The van der Waals surface area contributed by atoms with Crippen molar-refractivity contribution in [2.75, 3.05) is 5.73 Å². The van der Waals surface area contributed by atoms with E-state index in [0.29, 0.717) is 12.4 Å². The summed E-state index contributed by atoms with van der Waals surface area (Å²) >= 11 is 0. The fourth-order valence-electron chi connectivity index (χ4n) is 1.31. The second-order valence-electron chi connectivity index (χ2n) is 3.30. The normalized spacial score (nSPS) is 10.5. The first-order chi connectivity index (χ1) is 7.15. The van der Waals surface area contributed by atoms with Crippen LogP contribution in [0.15, 0.2) is 12.4 Å². The highest BCUT2D eigenvalue weighted by Crippen LogP contribution is 2.02. The number of aromatic nitrogens is 5. The van der Waals surface area contributed by atoms with Gasteiger partial charge in [0.05, 0.1) is 24.6 Å². The number of nitrogen functional groups attached to an aromatic ring is 1. The summed E-state index contributed by atoms with van der Waals surface area (Å²) in [5.74, 6) is 2.05. The van der Waals surface area contributed by atoms with Gasteiger partial charge >= 0.3 is 0 Å². The highest BCUT2D eigenvalue weighted by molar-refractivity contribution is 5.22. The molecule has 0 aliphatic carbocycles. The van der Waals surface area contributed by atoms with Crippen molar-refractivity contribution in [3.8, 4) is 0 Å². The molecule has 0 spiro atoms. The van der Waals surface area contributed by atoms with Gasteiger partial charge in [0.2, 0.25) is 0 Å². The summed E-state index contributed by atoms with van der Waals surface area (Å²) < 4.78 is 1.79. The van der Waals surface area contributed by atoms with Crippen molar-refractivity contribution >= 4 is 5.82 Å². The Bertz CT molecular complexity index is 458. The SMILES string of the molecule is Cc1nc(C)n(Cc2cnc(N)cn2)n1. The highest BCUT2D eigenvalue weighted by Gasteiger charge is 2.04. The molecule has 0 fully saturated rings. The molecule has 78 valence electrons. The number of nitrogens with two attached hydrogens (primary N) is 1. The number of nitrogens with zero attached hydrogens (tertiary/aromatic N) is 5. The second kappa shape index (κ2) is 3.64. The molecule has 0 saturated carbocycles. The topological polar surface area (TPSA) is 82.5 Å². The van der Waals surface area contributed by atoms with E-state index in [0.717, 1.165) is 17.3 Å². The van der Waals surface area contributed by atoms with E-state index in [9.17, 15) is 0 Å². The van der Waals surface area contributed by atoms with Crippen LogP contribution in [0.5, 0.6) is 0 Å². The minimum absolute atomic E-state index is 0.422. The molecule has 15 heavy (non-hydrogen) atoms. The number of hydrogen-bond donors (Lipinski definition) is 1. The van der Waals surface area contributed by atoms with Crippen LogP contribution in [0.1, 0.15) is 17.3 Å². The molecule has 6 nitrogen and oxygen atoms in total. The van der Waals surface area contributed by atoms with E-state index in [2.05, 4.69) is 20.1 Å². The standard InChI is InChI=1S/C9H12N6/c1-6-13-7(2)15(14-6)5-8-3-12-9(10)4-11-8/h3-4H,5H2,1-2H3,(H2,10,12). The van der Waals surface area contributed by atoms with Gasteiger partial charge in [-0.2, -0.15) is 5.10 Å². The summed E-state index contributed by atoms with van der Waals surface area (Å²) in [4.78, 5) is 12.3. The zero-order valence-corrected chi connectivity index (χ0v) is 8.68. The molecule has 0 bridgehead atoms. The molecule has 0 radical (unpaired) electrons. The molecule has 2 aromatic heterocycles. The molecular formula is C9H12N6. The summed E-state index contributed by atoms with van der Waals surface area (Å²) in [5.41, 5.74) is 6.26. The van der Waals surface area contributed by atoms with E-state index >= 15 is 0 Å². The van der Waals surface area contributed by atoms with Crippen molar-refractivity contribution < 1.29 is 0 Å². The minimum atomic E-state index is 0.422. The number of hydrogen-bond acceptors (Lipinski definition) is 5. The summed E-state index contributed by atoms with van der Waals surface area (Å²) in [6.45, 7) is 4.34. The van der Waals surface area contributed by atoms with Crippen molar-refractivity contribution in [2.45, 2.75) is 20.4 Å². The average molecular weight is 204 g/mol. The smallest absolute Gasteiger partial charge is 0.147 e. The van der Waals surface area contributed by atoms with Crippen LogP contribution < -0.4 is 5.73 Å². The molecule has 0 unspecified atom stereocenters. The monoisotopic (exact) mass is 204 g/mol. The van der Waals surface area contributed by atoms with Gasteiger partial charge in [-0.3, -0.25) is 4.98 Å². The second-order valence-corrected chi connectivity index (χ2v) is 3.30. The molecule has 6 heteroatoms. The Morgan fingerprint density at radius 3 is 2.60 bits per heavy atom. The fraction of sp³-hybridized carbons (Fsp3) is 0.333. The van der Waals surface area contributed by atoms with Crippen LogP contribution >= 0.6 is 0 Å².